The lowest BCUT2D eigenvalue weighted by Crippen LogP contribution is -2.46. The van der Waals surface area contributed by atoms with Gasteiger partial charge < -0.3 is 15.0 Å². The summed E-state index contributed by atoms with van der Waals surface area (Å²) in [5.41, 5.74) is 1.76. The van der Waals surface area contributed by atoms with Crippen LogP contribution in [-0.2, 0) is 16.1 Å². The second-order valence-electron chi connectivity index (χ2n) is 6.04. The third-order valence-electron chi connectivity index (χ3n) is 4.26. The molecule has 3 rings (SSSR count). The van der Waals surface area contributed by atoms with Crippen molar-refractivity contribution in [2.75, 3.05) is 18.6 Å². The van der Waals surface area contributed by atoms with E-state index in [-0.39, 0.29) is 23.6 Å². The zero-order valence-corrected chi connectivity index (χ0v) is 15.7. The van der Waals surface area contributed by atoms with Crippen molar-refractivity contribution in [2.45, 2.75) is 30.0 Å². The number of hydrogen-bond donors (Lipinski definition) is 1. The average molecular weight is 370 g/mol. The Labute approximate surface area is 157 Å². The lowest BCUT2D eigenvalue weighted by Gasteiger charge is -2.32. The molecular weight excluding hydrogens is 348 g/mol. The van der Waals surface area contributed by atoms with Crippen molar-refractivity contribution in [1.82, 2.24) is 5.32 Å². The molecule has 1 heterocycles. The number of amides is 2. The molecule has 0 aromatic heterocycles. The van der Waals surface area contributed by atoms with Crippen molar-refractivity contribution in [3.8, 4) is 5.75 Å². The molecule has 26 heavy (non-hydrogen) atoms. The zero-order valence-electron chi connectivity index (χ0n) is 14.9. The molecule has 1 N–H and O–H groups in total. The summed E-state index contributed by atoms with van der Waals surface area (Å²) in [6.07, 6.45) is 0.736. The predicted octanol–water partition coefficient (Wildman–Crippen LogP) is 3.23. The van der Waals surface area contributed by atoms with Crippen LogP contribution in [0, 0.1) is 0 Å². The van der Waals surface area contributed by atoms with Crippen molar-refractivity contribution in [3.05, 3.63) is 54.1 Å². The minimum Gasteiger partial charge on any atom is -0.497 e. The van der Waals surface area contributed by atoms with E-state index in [0.717, 1.165) is 28.3 Å². The van der Waals surface area contributed by atoms with Gasteiger partial charge >= 0.3 is 0 Å². The van der Waals surface area contributed by atoms with Crippen LogP contribution in [0.25, 0.3) is 0 Å². The molecule has 1 aliphatic rings. The maximum Gasteiger partial charge on any atom is 0.240 e. The predicted molar refractivity (Wildman–Crippen MR) is 104 cm³/mol. The van der Waals surface area contributed by atoms with E-state index in [9.17, 15) is 9.59 Å². The number of fused-ring (bicyclic) bond motifs is 1. The Morgan fingerprint density at radius 3 is 2.81 bits per heavy atom. The van der Waals surface area contributed by atoms with Gasteiger partial charge in [-0.25, -0.2) is 0 Å². The Hall–Kier alpha value is -2.47. The van der Waals surface area contributed by atoms with Gasteiger partial charge in [-0.2, -0.15) is 0 Å². The first-order valence-electron chi connectivity index (χ1n) is 8.59. The van der Waals surface area contributed by atoms with Crippen molar-refractivity contribution in [1.29, 1.82) is 0 Å². The van der Waals surface area contributed by atoms with Crippen LogP contribution in [0.3, 0.4) is 0 Å². The van der Waals surface area contributed by atoms with E-state index in [4.69, 9.17) is 4.74 Å². The third-order valence-corrected chi connectivity index (χ3v) is 5.68. The van der Waals surface area contributed by atoms with Crippen LogP contribution in [0.2, 0.25) is 0 Å². The number of carbonyl (C=O) groups excluding carboxylic acids is 2. The molecule has 0 saturated heterocycles. The van der Waals surface area contributed by atoms with Crippen molar-refractivity contribution in [2.24, 2.45) is 0 Å². The Morgan fingerprint density at radius 2 is 2.04 bits per heavy atom. The molecule has 1 unspecified atom stereocenters. The summed E-state index contributed by atoms with van der Waals surface area (Å²) < 4.78 is 5.19. The first-order chi connectivity index (χ1) is 12.6. The first kappa shape index (κ1) is 18.3. The molecule has 0 spiro atoms. The van der Waals surface area contributed by atoms with Gasteiger partial charge in [-0.15, -0.1) is 11.8 Å². The molecule has 0 bridgehead atoms. The monoisotopic (exact) mass is 370 g/mol. The molecule has 136 valence electrons. The number of para-hydroxylation sites is 1. The number of hydrogen-bond acceptors (Lipinski definition) is 4. The smallest absolute Gasteiger partial charge is 0.240 e. The van der Waals surface area contributed by atoms with Gasteiger partial charge in [0.05, 0.1) is 18.0 Å². The van der Waals surface area contributed by atoms with E-state index in [1.165, 1.54) is 0 Å². The Balaban J connectivity index is 1.68. The van der Waals surface area contributed by atoms with Crippen LogP contribution >= 0.6 is 11.8 Å². The highest BCUT2D eigenvalue weighted by molar-refractivity contribution is 8.01. The molecule has 0 radical (unpaired) electrons. The lowest BCUT2D eigenvalue weighted by atomic mass is 10.2. The van der Waals surface area contributed by atoms with E-state index in [1.54, 1.807) is 23.8 Å². The number of carbonyl (C=O) groups is 2. The fourth-order valence-corrected chi connectivity index (χ4v) is 4.04. The average Bonchev–Trinajstić information content (AvgIpc) is 2.68. The van der Waals surface area contributed by atoms with Crippen LogP contribution in [-0.4, -0.2) is 30.7 Å². The number of benzene rings is 2. The van der Waals surface area contributed by atoms with E-state index < -0.39 is 0 Å². The van der Waals surface area contributed by atoms with Crippen LogP contribution in [0.15, 0.2) is 53.4 Å². The number of thioether (sulfide) groups is 1. The quantitative estimate of drug-likeness (QED) is 0.848. The molecule has 1 aliphatic heterocycles. The van der Waals surface area contributed by atoms with Crippen LogP contribution in [0.4, 0.5) is 5.69 Å². The minimum absolute atomic E-state index is 0.00673. The number of anilines is 1. The summed E-state index contributed by atoms with van der Waals surface area (Å²) in [4.78, 5) is 27.8. The first-order valence-corrected chi connectivity index (χ1v) is 9.47. The topological polar surface area (TPSA) is 58.6 Å². The summed E-state index contributed by atoms with van der Waals surface area (Å²) >= 11 is 1.57. The van der Waals surface area contributed by atoms with Gasteiger partial charge in [-0.3, -0.25) is 9.59 Å². The summed E-state index contributed by atoms with van der Waals surface area (Å²) in [6, 6.07) is 15.3. The number of methoxy groups -OCH3 is 1. The Morgan fingerprint density at radius 1 is 1.23 bits per heavy atom. The Kier molecular flexibility index (Phi) is 5.83. The molecule has 2 amide bonds. The highest BCUT2D eigenvalue weighted by atomic mass is 32.2. The van der Waals surface area contributed by atoms with Gasteiger partial charge in [0.15, 0.2) is 0 Å². The van der Waals surface area contributed by atoms with Crippen LogP contribution < -0.4 is 15.0 Å². The highest BCUT2D eigenvalue weighted by Gasteiger charge is 2.33. The summed E-state index contributed by atoms with van der Waals surface area (Å²) in [7, 11) is 1.61. The normalized spacial score (nSPS) is 16.2. The van der Waals surface area contributed by atoms with Gasteiger partial charge in [0, 0.05) is 11.4 Å². The second-order valence-corrected chi connectivity index (χ2v) is 7.28. The largest absolute Gasteiger partial charge is 0.497 e. The molecule has 5 nitrogen and oxygen atoms in total. The van der Waals surface area contributed by atoms with Crippen molar-refractivity contribution in [3.63, 3.8) is 0 Å². The Bertz CT molecular complexity index is 809. The van der Waals surface area contributed by atoms with Crippen LogP contribution in [0.5, 0.6) is 5.75 Å². The number of nitrogens with one attached hydrogen (secondary N) is 1. The molecule has 0 aliphatic carbocycles. The number of ether oxygens (including phenoxy) is 1. The maximum atomic E-state index is 12.7. The number of nitrogens with zero attached hydrogens (tertiary/aromatic N) is 1. The van der Waals surface area contributed by atoms with Crippen LogP contribution in [0.1, 0.15) is 18.9 Å². The van der Waals surface area contributed by atoms with Gasteiger partial charge in [0.25, 0.3) is 0 Å². The molecule has 0 fully saturated rings. The standard InChI is InChI=1S/C20H22N2O3S/c1-3-17-20(24)22(16-9-4-5-10-18(16)26-17)13-19(23)21-12-14-7-6-8-15(11-14)25-2/h4-11,17H,3,12-13H2,1-2H3,(H,21,23). The number of rotatable bonds is 6. The van der Waals surface area contributed by atoms with E-state index in [0.29, 0.717) is 6.54 Å². The molecular formula is C20H22N2O3S. The zero-order chi connectivity index (χ0) is 18.5. The third kappa shape index (κ3) is 4.02. The fraction of sp³-hybridized carbons (Fsp3) is 0.300. The summed E-state index contributed by atoms with van der Waals surface area (Å²) in [5.74, 6) is 0.560. The fourth-order valence-electron chi connectivity index (χ4n) is 2.88. The minimum atomic E-state index is -0.183. The SMILES string of the molecule is CCC1Sc2ccccc2N(CC(=O)NCc2cccc(OC)c2)C1=O. The van der Waals surface area contributed by atoms with Gasteiger partial charge in [0.2, 0.25) is 11.8 Å². The van der Waals surface area contributed by atoms with E-state index in [2.05, 4.69) is 5.32 Å². The molecule has 2 aromatic rings. The lowest BCUT2D eigenvalue weighted by molar-refractivity contribution is -0.123. The molecule has 1 atom stereocenters. The van der Waals surface area contributed by atoms with E-state index >= 15 is 0 Å². The molecule has 2 aromatic carbocycles. The van der Waals surface area contributed by atoms with Gasteiger partial charge in [0.1, 0.15) is 12.3 Å². The second kappa shape index (κ2) is 8.27. The summed E-state index contributed by atoms with van der Waals surface area (Å²) in [5, 5.41) is 2.74. The molecule has 0 saturated carbocycles. The van der Waals surface area contributed by atoms with E-state index in [1.807, 2.05) is 55.5 Å². The highest BCUT2D eigenvalue weighted by Crippen LogP contribution is 2.39. The van der Waals surface area contributed by atoms with Gasteiger partial charge in [-0.05, 0) is 36.2 Å². The van der Waals surface area contributed by atoms with Crippen molar-refractivity contribution >= 4 is 29.3 Å². The maximum absolute atomic E-state index is 12.7. The summed E-state index contributed by atoms with van der Waals surface area (Å²) in [6.45, 7) is 2.41. The molecule has 6 heteroatoms. The van der Waals surface area contributed by atoms with Crippen molar-refractivity contribution < 1.29 is 14.3 Å². The van der Waals surface area contributed by atoms with Gasteiger partial charge in [-0.1, -0.05) is 31.2 Å².